The minimum atomic E-state index is -1.00. The first-order valence-corrected chi connectivity index (χ1v) is 4.56. The third-order valence-corrected chi connectivity index (χ3v) is 1.81. The maximum atomic E-state index is 10.8. The molecule has 0 bridgehead atoms. The van der Waals surface area contributed by atoms with E-state index < -0.39 is 5.97 Å². The van der Waals surface area contributed by atoms with E-state index in [1.165, 1.54) is 18.5 Å². The van der Waals surface area contributed by atoms with Gasteiger partial charge >= 0.3 is 5.97 Å². The first kappa shape index (κ1) is 11.5. The normalized spacial score (nSPS) is 10.3. The fraction of sp³-hybridized carbons (Fsp3) is 0.400. The number of pyridine rings is 1. The summed E-state index contributed by atoms with van der Waals surface area (Å²) in [5.41, 5.74) is 0.142. The standard InChI is InChI=1S/C10H14N2O3/c1-12(2)5-6-15-9-7-11-4-3-8(9)10(13)14/h3-4,7H,5-6H2,1-2H3,(H,13,14). The average molecular weight is 210 g/mol. The molecule has 0 aliphatic rings. The Morgan fingerprint density at radius 1 is 1.60 bits per heavy atom. The maximum absolute atomic E-state index is 10.8. The van der Waals surface area contributed by atoms with Crippen molar-refractivity contribution in [3.8, 4) is 5.75 Å². The molecule has 0 amide bonds. The van der Waals surface area contributed by atoms with Gasteiger partial charge in [-0.15, -0.1) is 0 Å². The SMILES string of the molecule is CN(C)CCOc1cnccc1C(=O)O. The lowest BCUT2D eigenvalue weighted by Crippen LogP contribution is -2.20. The number of hydrogen-bond donors (Lipinski definition) is 1. The van der Waals surface area contributed by atoms with Crippen molar-refractivity contribution in [3.63, 3.8) is 0 Å². The molecule has 1 aromatic heterocycles. The summed E-state index contributed by atoms with van der Waals surface area (Å²) >= 11 is 0. The van der Waals surface area contributed by atoms with E-state index in [1.807, 2.05) is 19.0 Å². The van der Waals surface area contributed by atoms with Crippen LogP contribution in [0.3, 0.4) is 0 Å². The molecule has 0 unspecified atom stereocenters. The Labute approximate surface area is 88.3 Å². The summed E-state index contributed by atoms with van der Waals surface area (Å²) in [5.74, 6) is -0.691. The van der Waals surface area contributed by atoms with Gasteiger partial charge in [0.15, 0.2) is 5.75 Å². The van der Waals surface area contributed by atoms with Gasteiger partial charge in [0.2, 0.25) is 0 Å². The Bertz CT molecular complexity index is 339. The van der Waals surface area contributed by atoms with Crippen LogP contribution in [-0.2, 0) is 0 Å². The van der Waals surface area contributed by atoms with E-state index in [4.69, 9.17) is 9.84 Å². The number of nitrogens with zero attached hydrogens (tertiary/aromatic N) is 2. The van der Waals surface area contributed by atoms with Gasteiger partial charge in [0.25, 0.3) is 0 Å². The van der Waals surface area contributed by atoms with Gasteiger partial charge < -0.3 is 14.7 Å². The second-order valence-electron chi connectivity index (χ2n) is 3.33. The molecule has 0 aromatic carbocycles. The van der Waals surface area contributed by atoms with E-state index in [9.17, 15) is 4.79 Å². The summed E-state index contributed by atoms with van der Waals surface area (Å²) in [5, 5.41) is 8.86. The van der Waals surface area contributed by atoms with Crippen LogP contribution in [0.25, 0.3) is 0 Å². The van der Waals surface area contributed by atoms with Crippen LogP contribution in [0.4, 0.5) is 0 Å². The van der Waals surface area contributed by atoms with Crippen molar-refractivity contribution in [3.05, 3.63) is 24.0 Å². The lowest BCUT2D eigenvalue weighted by atomic mass is 10.2. The van der Waals surface area contributed by atoms with Crippen LogP contribution in [0, 0.1) is 0 Å². The lowest BCUT2D eigenvalue weighted by Gasteiger charge is -2.11. The maximum Gasteiger partial charge on any atom is 0.339 e. The summed E-state index contributed by atoms with van der Waals surface area (Å²) in [6.07, 6.45) is 2.85. The number of ether oxygens (including phenoxy) is 1. The van der Waals surface area contributed by atoms with E-state index in [0.717, 1.165) is 6.54 Å². The Morgan fingerprint density at radius 3 is 2.93 bits per heavy atom. The first-order chi connectivity index (χ1) is 7.11. The largest absolute Gasteiger partial charge is 0.490 e. The number of aromatic nitrogens is 1. The Morgan fingerprint density at radius 2 is 2.33 bits per heavy atom. The van der Waals surface area contributed by atoms with Crippen LogP contribution in [0.15, 0.2) is 18.5 Å². The molecular weight excluding hydrogens is 196 g/mol. The molecule has 5 nitrogen and oxygen atoms in total. The van der Waals surface area contributed by atoms with Gasteiger partial charge in [0.05, 0.1) is 6.20 Å². The number of rotatable bonds is 5. The smallest absolute Gasteiger partial charge is 0.339 e. The second-order valence-corrected chi connectivity index (χ2v) is 3.33. The molecule has 0 saturated carbocycles. The highest BCUT2D eigenvalue weighted by Crippen LogP contribution is 2.15. The molecule has 0 aliphatic heterocycles. The fourth-order valence-electron chi connectivity index (χ4n) is 1.01. The zero-order chi connectivity index (χ0) is 11.3. The van der Waals surface area contributed by atoms with Crippen molar-refractivity contribution in [2.24, 2.45) is 0 Å². The van der Waals surface area contributed by atoms with Crippen LogP contribution in [0.1, 0.15) is 10.4 Å². The number of carboxylic acid groups (broad SMARTS) is 1. The number of carbonyl (C=O) groups is 1. The van der Waals surface area contributed by atoms with Crippen molar-refractivity contribution in [2.75, 3.05) is 27.2 Å². The highest BCUT2D eigenvalue weighted by Gasteiger charge is 2.10. The first-order valence-electron chi connectivity index (χ1n) is 4.56. The molecule has 0 spiro atoms. The minimum Gasteiger partial charge on any atom is -0.490 e. The molecule has 0 fully saturated rings. The van der Waals surface area contributed by atoms with Gasteiger partial charge in [-0.1, -0.05) is 0 Å². The molecule has 0 atom stereocenters. The van der Waals surface area contributed by atoms with E-state index in [2.05, 4.69) is 4.98 Å². The lowest BCUT2D eigenvalue weighted by molar-refractivity contribution is 0.0691. The molecule has 1 rings (SSSR count). The Kier molecular flexibility index (Phi) is 4.05. The fourth-order valence-corrected chi connectivity index (χ4v) is 1.01. The summed E-state index contributed by atoms with van der Waals surface area (Å²) in [4.78, 5) is 16.6. The van der Waals surface area contributed by atoms with Gasteiger partial charge in [-0.05, 0) is 20.2 Å². The van der Waals surface area contributed by atoms with Crippen LogP contribution in [0.2, 0.25) is 0 Å². The molecule has 82 valence electrons. The summed E-state index contributed by atoms with van der Waals surface area (Å²) in [6.45, 7) is 1.17. The molecule has 0 radical (unpaired) electrons. The summed E-state index contributed by atoms with van der Waals surface area (Å²) < 4.78 is 5.32. The Balaban J connectivity index is 2.63. The van der Waals surface area contributed by atoms with E-state index >= 15 is 0 Å². The van der Waals surface area contributed by atoms with Crippen LogP contribution < -0.4 is 4.74 Å². The van der Waals surface area contributed by atoms with Gasteiger partial charge in [-0.25, -0.2) is 4.79 Å². The highest BCUT2D eigenvalue weighted by molar-refractivity contribution is 5.90. The Hall–Kier alpha value is -1.62. The van der Waals surface area contributed by atoms with E-state index in [0.29, 0.717) is 12.4 Å². The van der Waals surface area contributed by atoms with Gasteiger partial charge in [0.1, 0.15) is 12.2 Å². The predicted octanol–water partition coefficient (Wildman–Crippen LogP) is 0.720. The summed E-state index contributed by atoms with van der Waals surface area (Å²) in [6, 6.07) is 1.42. The van der Waals surface area contributed by atoms with Crippen LogP contribution in [0.5, 0.6) is 5.75 Å². The van der Waals surface area contributed by atoms with E-state index in [1.54, 1.807) is 0 Å². The van der Waals surface area contributed by atoms with Gasteiger partial charge in [-0.3, -0.25) is 4.98 Å². The number of carboxylic acids is 1. The molecule has 0 saturated heterocycles. The number of aromatic carboxylic acids is 1. The van der Waals surface area contributed by atoms with Crippen molar-refractivity contribution in [1.82, 2.24) is 9.88 Å². The molecule has 0 aliphatic carbocycles. The molecular formula is C10H14N2O3. The molecule has 1 aromatic rings. The summed E-state index contributed by atoms with van der Waals surface area (Å²) in [7, 11) is 3.84. The monoisotopic (exact) mass is 210 g/mol. The second kappa shape index (κ2) is 5.31. The van der Waals surface area contributed by atoms with Crippen LogP contribution in [-0.4, -0.2) is 48.2 Å². The molecule has 5 heteroatoms. The zero-order valence-corrected chi connectivity index (χ0v) is 8.80. The average Bonchev–Trinajstić information content (AvgIpc) is 2.17. The third kappa shape index (κ3) is 3.55. The molecule has 1 heterocycles. The third-order valence-electron chi connectivity index (χ3n) is 1.81. The highest BCUT2D eigenvalue weighted by atomic mass is 16.5. The van der Waals surface area contributed by atoms with Crippen molar-refractivity contribution >= 4 is 5.97 Å². The minimum absolute atomic E-state index is 0.142. The van der Waals surface area contributed by atoms with Crippen molar-refractivity contribution in [1.29, 1.82) is 0 Å². The predicted molar refractivity (Wildman–Crippen MR) is 55.2 cm³/mol. The van der Waals surface area contributed by atoms with Crippen LogP contribution >= 0.6 is 0 Å². The quantitative estimate of drug-likeness (QED) is 0.775. The molecule has 1 N–H and O–H groups in total. The van der Waals surface area contributed by atoms with Gasteiger partial charge in [0, 0.05) is 12.7 Å². The van der Waals surface area contributed by atoms with Crippen molar-refractivity contribution < 1.29 is 14.6 Å². The van der Waals surface area contributed by atoms with Gasteiger partial charge in [-0.2, -0.15) is 0 Å². The zero-order valence-electron chi connectivity index (χ0n) is 8.80. The van der Waals surface area contributed by atoms with E-state index in [-0.39, 0.29) is 5.56 Å². The number of likely N-dealkylation sites (N-methyl/N-ethyl adjacent to an activating group) is 1. The molecule has 15 heavy (non-hydrogen) atoms. The van der Waals surface area contributed by atoms with Crippen molar-refractivity contribution in [2.45, 2.75) is 0 Å². The number of hydrogen-bond acceptors (Lipinski definition) is 4. The topological polar surface area (TPSA) is 62.7 Å².